The van der Waals surface area contributed by atoms with Gasteiger partial charge in [-0.05, 0) is 50.7 Å². The van der Waals surface area contributed by atoms with Crippen molar-refractivity contribution in [2.24, 2.45) is 0 Å². The highest BCUT2D eigenvalue weighted by Crippen LogP contribution is 2.20. The minimum absolute atomic E-state index is 0.689. The molecule has 1 heterocycles. The number of rotatable bonds is 11. The van der Waals surface area contributed by atoms with Crippen LogP contribution in [0.3, 0.4) is 0 Å². The molecule has 1 N–H and O–H groups in total. The van der Waals surface area contributed by atoms with Crippen LogP contribution in [0.25, 0.3) is 11.3 Å². The molecule has 0 aliphatic carbocycles. The molecule has 5 heteroatoms. The molecule has 1 aromatic heterocycles. The van der Waals surface area contributed by atoms with E-state index >= 15 is 0 Å². The van der Waals surface area contributed by atoms with Gasteiger partial charge in [-0.25, -0.2) is 0 Å². The van der Waals surface area contributed by atoms with Crippen LogP contribution >= 0.6 is 0 Å². The summed E-state index contributed by atoms with van der Waals surface area (Å²) in [6.45, 7) is 12.3. The number of aromatic nitrogens is 3. The first-order chi connectivity index (χ1) is 14.2. The molecule has 2 aromatic carbocycles. The van der Waals surface area contributed by atoms with Crippen LogP contribution in [-0.4, -0.2) is 46.1 Å². The van der Waals surface area contributed by atoms with Crippen molar-refractivity contribution in [1.29, 1.82) is 0 Å². The second-order valence-corrected chi connectivity index (χ2v) is 7.38. The van der Waals surface area contributed by atoms with E-state index in [1.165, 1.54) is 11.1 Å². The summed E-state index contributed by atoms with van der Waals surface area (Å²) in [5, 5.41) is 13.2. The standard InChI is InChI=1S/C24H33N5/c1-4-28(5-2)17-11-16-25-18-23-24(21-13-7-6-8-14-21)27-29(26-23)19-22-15-10-9-12-20(22)3/h6-10,12-15,25H,4-5,11,16-19H2,1-3H3. The van der Waals surface area contributed by atoms with Crippen molar-refractivity contribution in [3.63, 3.8) is 0 Å². The first-order valence-corrected chi connectivity index (χ1v) is 10.7. The van der Waals surface area contributed by atoms with Crippen molar-refractivity contribution < 1.29 is 0 Å². The van der Waals surface area contributed by atoms with E-state index in [2.05, 4.69) is 79.5 Å². The van der Waals surface area contributed by atoms with Gasteiger partial charge in [-0.2, -0.15) is 15.0 Å². The molecule has 29 heavy (non-hydrogen) atoms. The minimum Gasteiger partial charge on any atom is -0.311 e. The van der Waals surface area contributed by atoms with E-state index in [0.717, 1.165) is 56.1 Å². The molecule has 0 saturated carbocycles. The van der Waals surface area contributed by atoms with E-state index in [0.29, 0.717) is 6.54 Å². The van der Waals surface area contributed by atoms with Crippen LogP contribution < -0.4 is 5.32 Å². The second kappa shape index (κ2) is 10.9. The Hall–Kier alpha value is -2.50. The van der Waals surface area contributed by atoms with E-state index in [9.17, 15) is 0 Å². The van der Waals surface area contributed by atoms with Gasteiger partial charge >= 0.3 is 0 Å². The predicted molar refractivity (Wildman–Crippen MR) is 120 cm³/mol. The van der Waals surface area contributed by atoms with E-state index in [-0.39, 0.29) is 0 Å². The van der Waals surface area contributed by atoms with Gasteiger partial charge in [-0.3, -0.25) is 0 Å². The van der Waals surface area contributed by atoms with Gasteiger partial charge in [0.2, 0.25) is 0 Å². The molecule has 0 unspecified atom stereocenters. The summed E-state index contributed by atoms with van der Waals surface area (Å²) in [6.07, 6.45) is 1.14. The summed E-state index contributed by atoms with van der Waals surface area (Å²) >= 11 is 0. The maximum absolute atomic E-state index is 4.83. The molecule has 5 nitrogen and oxygen atoms in total. The molecule has 0 aliphatic heterocycles. The Labute approximate surface area is 174 Å². The van der Waals surface area contributed by atoms with Crippen LogP contribution in [0.15, 0.2) is 54.6 Å². The zero-order valence-electron chi connectivity index (χ0n) is 17.9. The molecule has 0 radical (unpaired) electrons. The summed E-state index contributed by atoms with van der Waals surface area (Å²) in [7, 11) is 0. The Kier molecular flexibility index (Phi) is 7.96. The molecular weight excluding hydrogens is 358 g/mol. The van der Waals surface area contributed by atoms with E-state index in [1.54, 1.807) is 0 Å². The number of hydrogen-bond donors (Lipinski definition) is 1. The lowest BCUT2D eigenvalue weighted by Crippen LogP contribution is -2.27. The molecule has 0 amide bonds. The van der Waals surface area contributed by atoms with Crippen molar-refractivity contribution in [1.82, 2.24) is 25.2 Å². The molecule has 154 valence electrons. The molecule has 0 aliphatic rings. The van der Waals surface area contributed by atoms with Crippen LogP contribution in [-0.2, 0) is 13.1 Å². The average molecular weight is 392 g/mol. The van der Waals surface area contributed by atoms with Gasteiger partial charge < -0.3 is 10.2 Å². The Morgan fingerprint density at radius 2 is 1.66 bits per heavy atom. The van der Waals surface area contributed by atoms with Crippen LogP contribution in [0.2, 0.25) is 0 Å². The monoisotopic (exact) mass is 391 g/mol. The van der Waals surface area contributed by atoms with Crippen LogP contribution in [0, 0.1) is 6.92 Å². The van der Waals surface area contributed by atoms with E-state index < -0.39 is 0 Å². The Balaban J connectivity index is 1.69. The number of nitrogens with zero attached hydrogens (tertiary/aromatic N) is 4. The third-order valence-electron chi connectivity index (χ3n) is 5.36. The van der Waals surface area contributed by atoms with Crippen molar-refractivity contribution in [3.05, 3.63) is 71.4 Å². The molecule has 0 atom stereocenters. The normalized spacial score (nSPS) is 11.3. The topological polar surface area (TPSA) is 46.0 Å². The maximum atomic E-state index is 4.83. The van der Waals surface area contributed by atoms with Crippen molar-refractivity contribution in [2.75, 3.05) is 26.2 Å². The molecule has 0 saturated heterocycles. The highest BCUT2D eigenvalue weighted by Gasteiger charge is 2.13. The first-order valence-electron chi connectivity index (χ1n) is 10.7. The Morgan fingerprint density at radius 3 is 2.38 bits per heavy atom. The van der Waals surface area contributed by atoms with Crippen molar-refractivity contribution in [2.45, 2.75) is 40.3 Å². The summed E-state index contributed by atoms with van der Waals surface area (Å²) in [5.74, 6) is 0. The predicted octanol–water partition coefficient (Wildman–Crippen LogP) is 4.12. The summed E-state index contributed by atoms with van der Waals surface area (Å²) in [5.41, 5.74) is 5.61. The zero-order chi connectivity index (χ0) is 20.5. The highest BCUT2D eigenvalue weighted by atomic mass is 15.5. The van der Waals surface area contributed by atoms with Crippen LogP contribution in [0.5, 0.6) is 0 Å². The Bertz CT molecular complexity index is 868. The van der Waals surface area contributed by atoms with Crippen molar-refractivity contribution >= 4 is 0 Å². The van der Waals surface area contributed by atoms with Crippen LogP contribution in [0.4, 0.5) is 0 Å². The summed E-state index contributed by atoms with van der Waals surface area (Å²) in [6, 6.07) is 18.8. The third-order valence-corrected chi connectivity index (χ3v) is 5.36. The average Bonchev–Trinajstić information content (AvgIpc) is 3.15. The van der Waals surface area contributed by atoms with E-state index in [1.807, 2.05) is 10.9 Å². The molecule has 0 spiro atoms. The number of nitrogens with one attached hydrogen (secondary N) is 1. The maximum Gasteiger partial charge on any atom is 0.117 e. The minimum atomic E-state index is 0.689. The quantitative estimate of drug-likeness (QED) is 0.500. The van der Waals surface area contributed by atoms with Gasteiger partial charge in [-0.1, -0.05) is 68.4 Å². The van der Waals surface area contributed by atoms with E-state index in [4.69, 9.17) is 10.2 Å². The molecule has 0 fully saturated rings. The lowest BCUT2D eigenvalue weighted by Gasteiger charge is -2.17. The summed E-state index contributed by atoms with van der Waals surface area (Å²) < 4.78 is 0. The fraction of sp³-hybridized carbons (Fsp3) is 0.417. The lowest BCUT2D eigenvalue weighted by molar-refractivity contribution is 0.298. The molecule has 3 aromatic rings. The third kappa shape index (κ3) is 5.99. The number of benzene rings is 2. The smallest absolute Gasteiger partial charge is 0.117 e. The second-order valence-electron chi connectivity index (χ2n) is 7.38. The number of aryl methyl sites for hydroxylation is 1. The van der Waals surface area contributed by atoms with Gasteiger partial charge in [0.1, 0.15) is 11.4 Å². The van der Waals surface area contributed by atoms with Crippen molar-refractivity contribution in [3.8, 4) is 11.3 Å². The highest BCUT2D eigenvalue weighted by molar-refractivity contribution is 5.60. The fourth-order valence-corrected chi connectivity index (χ4v) is 3.51. The molecule has 3 rings (SSSR count). The van der Waals surface area contributed by atoms with Gasteiger partial charge in [0.25, 0.3) is 0 Å². The van der Waals surface area contributed by atoms with Gasteiger partial charge in [-0.15, -0.1) is 0 Å². The lowest BCUT2D eigenvalue weighted by atomic mass is 10.1. The van der Waals surface area contributed by atoms with Gasteiger partial charge in [0.05, 0.1) is 6.54 Å². The van der Waals surface area contributed by atoms with Crippen LogP contribution in [0.1, 0.15) is 37.1 Å². The Morgan fingerprint density at radius 1 is 0.931 bits per heavy atom. The summed E-state index contributed by atoms with van der Waals surface area (Å²) in [4.78, 5) is 4.28. The van der Waals surface area contributed by atoms with Gasteiger partial charge in [0, 0.05) is 12.1 Å². The van der Waals surface area contributed by atoms with Gasteiger partial charge in [0.15, 0.2) is 0 Å². The molecule has 0 bridgehead atoms. The molecular formula is C24H33N5. The zero-order valence-corrected chi connectivity index (χ0v) is 17.9. The SMILES string of the molecule is CCN(CC)CCCNCc1nn(Cc2ccccc2C)nc1-c1ccccc1. The fourth-order valence-electron chi connectivity index (χ4n) is 3.51. The first kappa shape index (κ1) is 21.2. The largest absolute Gasteiger partial charge is 0.311 e. The number of hydrogen-bond acceptors (Lipinski definition) is 4.